The number of halogens is 2. The Hall–Kier alpha value is -1.59. The monoisotopic (exact) mass is 408 g/mol. The predicted molar refractivity (Wildman–Crippen MR) is 112 cm³/mol. The second-order valence-electron chi connectivity index (χ2n) is 6.80. The molecule has 1 amide bonds. The Morgan fingerprint density at radius 3 is 2.59 bits per heavy atom. The fourth-order valence-corrected chi connectivity index (χ4v) is 3.40. The molecule has 1 heterocycles. The van der Waals surface area contributed by atoms with Gasteiger partial charge in [-0.05, 0) is 43.2 Å². The molecule has 1 atom stereocenters. The zero-order chi connectivity index (χ0) is 18.5. The van der Waals surface area contributed by atoms with E-state index in [9.17, 15) is 4.79 Å². The van der Waals surface area contributed by atoms with Crippen molar-refractivity contribution in [3.05, 3.63) is 70.2 Å². The van der Waals surface area contributed by atoms with E-state index in [2.05, 4.69) is 5.32 Å². The molecule has 1 aliphatic heterocycles. The van der Waals surface area contributed by atoms with Crippen molar-refractivity contribution in [2.75, 3.05) is 19.6 Å². The maximum Gasteiger partial charge on any atom is 0.254 e. The number of carbonyl (C=O) groups excluding carboxylic acids is 1. The van der Waals surface area contributed by atoms with Crippen molar-refractivity contribution < 1.29 is 9.53 Å². The number of nitrogens with zero attached hydrogens (tertiary/aromatic N) is 1. The van der Waals surface area contributed by atoms with Crippen LogP contribution in [0.5, 0.6) is 0 Å². The summed E-state index contributed by atoms with van der Waals surface area (Å²) in [5.41, 5.74) is 2.74. The summed E-state index contributed by atoms with van der Waals surface area (Å²) in [6.07, 6.45) is 0.188. The number of rotatable bonds is 5. The van der Waals surface area contributed by atoms with Gasteiger partial charge in [0.05, 0.1) is 18.8 Å². The van der Waals surface area contributed by atoms with Gasteiger partial charge >= 0.3 is 0 Å². The first-order chi connectivity index (χ1) is 12.6. The first-order valence-electron chi connectivity index (χ1n) is 9.03. The van der Waals surface area contributed by atoms with Gasteiger partial charge in [0.15, 0.2) is 0 Å². The average Bonchev–Trinajstić information content (AvgIpc) is 2.67. The van der Waals surface area contributed by atoms with E-state index in [1.807, 2.05) is 67.3 Å². The van der Waals surface area contributed by atoms with Crippen LogP contribution in [-0.4, -0.2) is 36.5 Å². The largest absolute Gasteiger partial charge is 0.374 e. The van der Waals surface area contributed by atoms with Crippen LogP contribution in [0.15, 0.2) is 48.5 Å². The molecule has 0 aliphatic carbocycles. The van der Waals surface area contributed by atoms with Crippen molar-refractivity contribution in [1.82, 2.24) is 10.2 Å². The fourth-order valence-electron chi connectivity index (χ4n) is 3.14. The van der Waals surface area contributed by atoms with Gasteiger partial charge in [-0.2, -0.15) is 0 Å². The third-order valence-corrected chi connectivity index (χ3v) is 4.90. The lowest BCUT2D eigenvalue weighted by Gasteiger charge is -2.37. The van der Waals surface area contributed by atoms with E-state index >= 15 is 0 Å². The fraction of sp³-hybridized carbons (Fsp3) is 0.381. The molecule has 0 spiro atoms. The molecule has 2 aromatic carbocycles. The zero-order valence-corrected chi connectivity index (χ0v) is 17.2. The molecule has 1 unspecified atom stereocenters. The molecular formula is C21H26Cl2N2O2. The molecule has 3 rings (SSSR count). The number of benzene rings is 2. The number of amides is 1. The molecule has 146 valence electrons. The highest BCUT2D eigenvalue weighted by Gasteiger charge is 2.29. The number of hydrogen-bond acceptors (Lipinski definition) is 3. The SMILES string of the molecule is CC(C)OCc1ccc(C(=O)N2CCNCC2c2ccccc2Cl)cc1.Cl. The molecule has 1 aliphatic rings. The molecule has 0 saturated carbocycles. The van der Waals surface area contributed by atoms with E-state index in [1.165, 1.54) is 0 Å². The van der Waals surface area contributed by atoms with Crippen molar-refractivity contribution in [1.29, 1.82) is 0 Å². The number of hydrogen-bond donors (Lipinski definition) is 1. The average molecular weight is 409 g/mol. The summed E-state index contributed by atoms with van der Waals surface area (Å²) in [6, 6.07) is 15.4. The molecule has 0 radical (unpaired) electrons. The summed E-state index contributed by atoms with van der Waals surface area (Å²) >= 11 is 6.37. The molecule has 1 fully saturated rings. The second-order valence-corrected chi connectivity index (χ2v) is 7.20. The maximum atomic E-state index is 13.1. The van der Waals surface area contributed by atoms with Gasteiger partial charge < -0.3 is 15.0 Å². The van der Waals surface area contributed by atoms with Crippen LogP contribution in [0.3, 0.4) is 0 Å². The van der Waals surface area contributed by atoms with Gasteiger partial charge in [0.25, 0.3) is 5.91 Å². The van der Waals surface area contributed by atoms with Crippen molar-refractivity contribution in [3.63, 3.8) is 0 Å². The van der Waals surface area contributed by atoms with E-state index in [0.717, 1.165) is 17.7 Å². The standard InChI is InChI=1S/C21H25ClN2O2.ClH/c1-15(2)26-14-16-7-9-17(10-8-16)21(25)24-12-11-23-13-20(24)18-5-3-4-6-19(18)22;/h3-10,15,20,23H,11-14H2,1-2H3;1H. The first kappa shape index (κ1) is 21.7. The predicted octanol–water partition coefficient (Wildman–Crippen LogP) is 4.47. The number of piperazine rings is 1. The normalized spacial score (nSPS) is 16.9. The molecule has 1 saturated heterocycles. The summed E-state index contributed by atoms with van der Waals surface area (Å²) in [6.45, 7) is 6.73. The Morgan fingerprint density at radius 2 is 1.93 bits per heavy atom. The lowest BCUT2D eigenvalue weighted by Crippen LogP contribution is -2.48. The van der Waals surface area contributed by atoms with Crippen molar-refractivity contribution >= 4 is 29.9 Å². The van der Waals surface area contributed by atoms with Gasteiger partial charge in [0.1, 0.15) is 0 Å². The van der Waals surface area contributed by atoms with E-state index < -0.39 is 0 Å². The molecule has 0 aromatic heterocycles. The van der Waals surface area contributed by atoms with Crippen LogP contribution >= 0.6 is 24.0 Å². The van der Waals surface area contributed by atoms with Crippen LogP contribution in [0.25, 0.3) is 0 Å². The van der Waals surface area contributed by atoms with Gasteiger partial charge in [-0.15, -0.1) is 12.4 Å². The minimum Gasteiger partial charge on any atom is -0.374 e. The summed E-state index contributed by atoms with van der Waals surface area (Å²) in [4.78, 5) is 15.0. The van der Waals surface area contributed by atoms with Crippen LogP contribution in [0.1, 0.15) is 41.4 Å². The molecule has 1 N–H and O–H groups in total. The van der Waals surface area contributed by atoms with Crippen LogP contribution in [-0.2, 0) is 11.3 Å². The molecular weight excluding hydrogens is 383 g/mol. The highest BCUT2D eigenvalue weighted by molar-refractivity contribution is 6.31. The molecule has 2 aromatic rings. The van der Waals surface area contributed by atoms with Crippen molar-refractivity contribution in [2.45, 2.75) is 32.6 Å². The molecule has 0 bridgehead atoms. The molecule has 6 heteroatoms. The highest BCUT2D eigenvalue weighted by atomic mass is 35.5. The van der Waals surface area contributed by atoms with Crippen LogP contribution in [0, 0.1) is 0 Å². The maximum absolute atomic E-state index is 13.1. The smallest absolute Gasteiger partial charge is 0.254 e. The van der Waals surface area contributed by atoms with Crippen LogP contribution in [0.2, 0.25) is 5.02 Å². The van der Waals surface area contributed by atoms with E-state index in [0.29, 0.717) is 30.3 Å². The van der Waals surface area contributed by atoms with Crippen LogP contribution < -0.4 is 5.32 Å². The molecule has 4 nitrogen and oxygen atoms in total. The quantitative estimate of drug-likeness (QED) is 0.792. The Labute approximate surface area is 172 Å². The Morgan fingerprint density at radius 1 is 1.22 bits per heavy atom. The van der Waals surface area contributed by atoms with Gasteiger partial charge in [0, 0.05) is 30.2 Å². The van der Waals surface area contributed by atoms with E-state index in [1.54, 1.807) is 0 Å². The van der Waals surface area contributed by atoms with Crippen LogP contribution in [0.4, 0.5) is 0 Å². The minimum absolute atomic E-state index is 0. The van der Waals surface area contributed by atoms with Gasteiger partial charge in [-0.3, -0.25) is 4.79 Å². The third kappa shape index (κ3) is 5.45. The number of carbonyl (C=O) groups is 1. The minimum atomic E-state index is -0.0612. The summed E-state index contributed by atoms with van der Waals surface area (Å²) in [5, 5.41) is 4.06. The molecule has 27 heavy (non-hydrogen) atoms. The lowest BCUT2D eigenvalue weighted by molar-refractivity contribution is 0.0629. The topological polar surface area (TPSA) is 41.6 Å². The summed E-state index contributed by atoms with van der Waals surface area (Å²) in [5.74, 6) is 0.0350. The van der Waals surface area contributed by atoms with Gasteiger partial charge in [-0.25, -0.2) is 0 Å². The third-order valence-electron chi connectivity index (χ3n) is 4.55. The number of nitrogens with one attached hydrogen (secondary N) is 1. The number of ether oxygens (including phenoxy) is 1. The lowest BCUT2D eigenvalue weighted by atomic mass is 10.0. The summed E-state index contributed by atoms with van der Waals surface area (Å²) < 4.78 is 5.61. The Kier molecular flexibility index (Phi) is 8.11. The summed E-state index contributed by atoms with van der Waals surface area (Å²) in [7, 11) is 0. The second kappa shape index (κ2) is 10.1. The van der Waals surface area contributed by atoms with E-state index in [4.69, 9.17) is 16.3 Å². The van der Waals surface area contributed by atoms with Crippen molar-refractivity contribution in [2.24, 2.45) is 0 Å². The highest BCUT2D eigenvalue weighted by Crippen LogP contribution is 2.29. The van der Waals surface area contributed by atoms with Gasteiger partial charge in [-0.1, -0.05) is 41.9 Å². The Bertz CT molecular complexity index is 750. The first-order valence-corrected chi connectivity index (χ1v) is 9.40. The zero-order valence-electron chi connectivity index (χ0n) is 15.7. The Balaban J connectivity index is 0.00000261. The van der Waals surface area contributed by atoms with Gasteiger partial charge in [0.2, 0.25) is 0 Å². The van der Waals surface area contributed by atoms with E-state index in [-0.39, 0.29) is 30.5 Å². The van der Waals surface area contributed by atoms with Crippen molar-refractivity contribution in [3.8, 4) is 0 Å².